The molecule has 8 heteroatoms. The lowest BCUT2D eigenvalue weighted by molar-refractivity contribution is -0.118. The summed E-state index contributed by atoms with van der Waals surface area (Å²) in [5.41, 5.74) is 6.40. The van der Waals surface area contributed by atoms with E-state index < -0.39 is 0 Å². The number of hydrazone groups is 1. The molecule has 1 amide bonds. The number of aromatic nitrogens is 4. The molecule has 0 saturated heterocycles. The fourth-order valence-electron chi connectivity index (χ4n) is 2.86. The highest BCUT2D eigenvalue weighted by Crippen LogP contribution is 2.28. The van der Waals surface area contributed by atoms with Gasteiger partial charge in [0.05, 0.1) is 12.0 Å². The van der Waals surface area contributed by atoms with Crippen LogP contribution in [0.2, 0.25) is 0 Å². The van der Waals surface area contributed by atoms with Gasteiger partial charge in [-0.2, -0.15) is 5.10 Å². The first kappa shape index (κ1) is 20.5. The van der Waals surface area contributed by atoms with Crippen LogP contribution in [0.4, 0.5) is 0 Å². The summed E-state index contributed by atoms with van der Waals surface area (Å²) in [4.78, 5) is 16.3. The van der Waals surface area contributed by atoms with Crippen molar-refractivity contribution in [3.63, 3.8) is 0 Å². The second-order valence-electron chi connectivity index (χ2n) is 6.71. The maximum Gasteiger partial charge on any atom is 0.250 e. The Hall–Kier alpha value is -3.78. The third kappa shape index (κ3) is 5.23. The van der Waals surface area contributed by atoms with Crippen LogP contribution in [0.15, 0.2) is 89.4 Å². The summed E-state index contributed by atoms with van der Waals surface area (Å²) in [7, 11) is 0. The fraction of sp³-hybridized carbons (Fsp3) is 0.0870. The second-order valence-corrected chi connectivity index (χ2v) is 7.65. The number of nitrogens with zero attached hydrogens (tertiary/aromatic N) is 5. The van der Waals surface area contributed by atoms with Crippen molar-refractivity contribution < 1.29 is 4.79 Å². The van der Waals surface area contributed by atoms with Crippen molar-refractivity contribution in [2.75, 3.05) is 5.75 Å². The Labute approximate surface area is 184 Å². The molecule has 31 heavy (non-hydrogen) atoms. The number of hydrogen-bond donors (Lipinski definition) is 1. The van der Waals surface area contributed by atoms with Crippen LogP contribution in [0.25, 0.3) is 17.1 Å². The standard InChI is InChI=1S/C23H20N6OS/c1-17-9-11-19(12-10-17)22-27-28-23(29(22)20-7-3-2-4-8-20)31-16-21(30)26-25-15-18-6-5-13-24-14-18/h2-15H,16H2,1H3,(H,26,30)/b25-15-. The van der Waals surface area contributed by atoms with Crippen LogP contribution in [0.5, 0.6) is 0 Å². The number of amides is 1. The Morgan fingerprint density at radius 3 is 2.61 bits per heavy atom. The van der Waals surface area contributed by atoms with Gasteiger partial charge >= 0.3 is 0 Å². The number of rotatable bonds is 7. The van der Waals surface area contributed by atoms with Gasteiger partial charge in [-0.25, -0.2) is 5.43 Å². The number of pyridine rings is 1. The lowest BCUT2D eigenvalue weighted by Crippen LogP contribution is -2.20. The van der Waals surface area contributed by atoms with Crippen molar-refractivity contribution in [1.82, 2.24) is 25.2 Å². The Morgan fingerprint density at radius 2 is 1.87 bits per heavy atom. The Balaban J connectivity index is 1.51. The molecule has 0 saturated carbocycles. The van der Waals surface area contributed by atoms with Crippen LogP contribution in [-0.4, -0.2) is 37.6 Å². The minimum absolute atomic E-state index is 0.156. The van der Waals surface area contributed by atoms with Gasteiger partial charge in [-0.1, -0.05) is 65.9 Å². The molecular formula is C23H20N6OS. The van der Waals surface area contributed by atoms with E-state index in [1.807, 2.05) is 72.2 Å². The van der Waals surface area contributed by atoms with Gasteiger partial charge in [-0.3, -0.25) is 14.3 Å². The van der Waals surface area contributed by atoms with E-state index in [4.69, 9.17) is 0 Å². The topological polar surface area (TPSA) is 85.1 Å². The second kappa shape index (κ2) is 9.82. The molecule has 2 heterocycles. The number of carbonyl (C=O) groups is 1. The number of aryl methyl sites for hydroxylation is 1. The third-order valence-electron chi connectivity index (χ3n) is 4.38. The van der Waals surface area contributed by atoms with Gasteiger partial charge in [0.25, 0.3) is 5.91 Å². The molecular weight excluding hydrogens is 408 g/mol. The first-order valence-corrected chi connectivity index (χ1v) is 10.6. The van der Waals surface area contributed by atoms with Gasteiger partial charge in [0, 0.05) is 29.2 Å². The zero-order valence-corrected chi connectivity index (χ0v) is 17.7. The maximum absolute atomic E-state index is 12.2. The minimum Gasteiger partial charge on any atom is -0.272 e. The van der Waals surface area contributed by atoms with Crippen LogP contribution in [0.3, 0.4) is 0 Å². The normalized spacial score (nSPS) is 11.0. The number of para-hydroxylation sites is 1. The van der Waals surface area contributed by atoms with Crippen molar-refractivity contribution in [1.29, 1.82) is 0 Å². The fourth-order valence-corrected chi connectivity index (χ4v) is 3.60. The summed E-state index contributed by atoms with van der Waals surface area (Å²) in [6.07, 6.45) is 4.90. The van der Waals surface area contributed by atoms with Gasteiger partial charge in [-0.05, 0) is 25.1 Å². The Kier molecular flexibility index (Phi) is 6.49. The summed E-state index contributed by atoms with van der Waals surface area (Å²) < 4.78 is 1.96. The van der Waals surface area contributed by atoms with Gasteiger partial charge in [0.2, 0.25) is 0 Å². The predicted octanol–water partition coefficient (Wildman–Crippen LogP) is 3.88. The van der Waals surface area contributed by atoms with Crippen molar-refractivity contribution in [2.24, 2.45) is 5.10 Å². The lowest BCUT2D eigenvalue weighted by atomic mass is 10.1. The van der Waals surface area contributed by atoms with E-state index in [0.29, 0.717) is 5.16 Å². The van der Waals surface area contributed by atoms with Gasteiger partial charge < -0.3 is 0 Å². The minimum atomic E-state index is -0.232. The van der Waals surface area contributed by atoms with Gasteiger partial charge in [-0.15, -0.1) is 10.2 Å². The third-order valence-corrected chi connectivity index (χ3v) is 5.31. The van der Waals surface area contributed by atoms with Crippen LogP contribution in [-0.2, 0) is 4.79 Å². The van der Waals surface area contributed by atoms with Gasteiger partial charge in [0.1, 0.15) is 0 Å². The smallest absolute Gasteiger partial charge is 0.250 e. The van der Waals surface area contributed by atoms with Crippen LogP contribution in [0, 0.1) is 6.92 Å². The molecule has 1 N–H and O–H groups in total. The molecule has 0 radical (unpaired) electrons. The molecule has 0 bridgehead atoms. The molecule has 4 rings (SSSR count). The summed E-state index contributed by atoms with van der Waals surface area (Å²) in [6, 6.07) is 21.6. The molecule has 154 valence electrons. The highest BCUT2D eigenvalue weighted by Gasteiger charge is 2.17. The molecule has 2 aromatic heterocycles. The van der Waals surface area contributed by atoms with Crippen molar-refractivity contribution in [3.05, 3.63) is 90.3 Å². The lowest BCUT2D eigenvalue weighted by Gasteiger charge is -2.10. The average molecular weight is 429 g/mol. The number of benzene rings is 2. The molecule has 4 aromatic rings. The van der Waals surface area contributed by atoms with Crippen LogP contribution >= 0.6 is 11.8 Å². The predicted molar refractivity (Wildman–Crippen MR) is 122 cm³/mol. The van der Waals surface area contributed by atoms with Crippen molar-refractivity contribution in [2.45, 2.75) is 12.1 Å². The number of thioether (sulfide) groups is 1. The number of hydrogen-bond acceptors (Lipinski definition) is 6. The van der Waals surface area contributed by atoms with Gasteiger partial charge in [0.15, 0.2) is 11.0 Å². The highest BCUT2D eigenvalue weighted by molar-refractivity contribution is 7.99. The zero-order valence-electron chi connectivity index (χ0n) is 16.8. The summed E-state index contributed by atoms with van der Waals surface area (Å²) in [6.45, 7) is 2.04. The summed E-state index contributed by atoms with van der Waals surface area (Å²) >= 11 is 1.31. The SMILES string of the molecule is Cc1ccc(-c2nnc(SCC(=O)N/N=C\c3cccnc3)n2-c2ccccc2)cc1. The van der Waals surface area contributed by atoms with E-state index in [1.165, 1.54) is 17.3 Å². The van der Waals surface area contributed by atoms with Crippen molar-refractivity contribution in [3.8, 4) is 17.1 Å². The van der Waals surface area contributed by atoms with Crippen LogP contribution < -0.4 is 5.43 Å². The maximum atomic E-state index is 12.2. The zero-order chi connectivity index (χ0) is 21.5. The van der Waals surface area contributed by atoms with Crippen molar-refractivity contribution >= 4 is 23.9 Å². The molecule has 0 unspecified atom stereocenters. The molecule has 0 aliphatic heterocycles. The largest absolute Gasteiger partial charge is 0.272 e. The van der Waals surface area contributed by atoms with E-state index in [9.17, 15) is 4.79 Å². The molecule has 0 aliphatic rings. The van der Waals surface area contributed by atoms with E-state index in [1.54, 1.807) is 24.7 Å². The van der Waals surface area contributed by atoms with E-state index >= 15 is 0 Å². The quantitative estimate of drug-likeness (QED) is 0.274. The first-order valence-electron chi connectivity index (χ1n) is 9.63. The highest BCUT2D eigenvalue weighted by atomic mass is 32.2. The van der Waals surface area contributed by atoms with E-state index in [0.717, 1.165) is 22.6 Å². The number of nitrogens with one attached hydrogen (secondary N) is 1. The molecule has 0 atom stereocenters. The summed E-state index contributed by atoms with van der Waals surface area (Å²) in [5.74, 6) is 0.650. The molecule has 7 nitrogen and oxygen atoms in total. The first-order chi connectivity index (χ1) is 15.2. The van der Waals surface area contributed by atoms with E-state index in [2.05, 4.69) is 25.7 Å². The Bertz CT molecular complexity index is 1170. The average Bonchev–Trinajstić information content (AvgIpc) is 3.23. The van der Waals surface area contributed by atoms with E-state index in [-0.39, 0.29) is 11.7 Å². The molecule has 0 spiro atoms. The monoisotopic (exact) mass is 428 g/mol. The molecule has 0 aliphatic carbocycles. The molecule has 0 fully saturated rings. The number of carbonyl (C=O) groups excluding carboxylic acids is 1. The summed E-state index contributed by atoms with van der Waals surface area (Å²) in [5, 5.41) is 13.3. The van der Waals surface area contributed by atoms with Crippen LogP contribution in [0.1, 0.15) is 11.1 Å². The molecule has 2 aromatic carbocycles. The Morgan fingerprint density at radius 1 is 1.06 bits per heavy atom.